The zero-order chi connectivity index (χ0) is 17.1. The first kappa shape index (κ1) is 15.9. The maximum absolute atomic E-state index is 9.46. The van der Waals surface area contributed by atoms with Crippen molar-refractivity contribution >= 4 is 17.4 Å². The average Bonchev–Trinajstić information content (AvgIpc) is 2.61. The minimum absolute atomic E-state index is 0.320. The molecule has 0 fully saturated rings. The summed E-state index contributed by atoms with van der Waals surface area (Å²) in [5, 5.41) is 10.1. The molecule has 3 aromatic rings. The van der Waals surface area contributed by atoms with Gasteiger partial charge in [-0.2, -0.15) is 5.26 Å². The maximum atomic E-state index is 9.46. The molecule has 0 aliphatic rings. The van der Waals surface area contributed by atoms with Crippen LogP contribution in [0.5, 0.6) is 5.75 Å². The molecular weight excluding hydrogens is 322 g/mol. The fraction of sp³-hybridized carbons (Fsp3) is 0.0526. The van der Waals surface area contributed by atoms with Crippen molar-refractivity contribution < 1.29 is 9.72 Å². The SMILES string of the molecule is COc1ccc(-c2cc(-c3cccc(Cl)c3)c(C#N)c(N)[nH+]2)cc1. The van der Waals surface area contributed by atoms with Crippen LogP contribution >= 0.6 is 11.6 Å². The molecule has 24 heavy (non-hydrogen) atoms. The van der Waals surface area contributed by atoms with E-state index in [1.807, 2.05) is 48.5 Å². The number of halogens is 1. The number of benzene rings is 2. The maximum Gasteiger partial charge on any atom is 0.289 e. The molecule has 0 saturated heterocycles. The van der Waals surface area contributed by atoms with Crippen molar-refractivity contribution in [2.75, 3.05) is 12.8 Å². The minimum atomic E-state index is 0.320. The number of pyridine rings is 1. The van der Waals surface area contributed by atoms with Gasteiger partial charge in [-0.25, -0.2) is 4.98 Å². The number of rotatable bonds is 3. The van der Waals surface area contributed by atoms with E-state index < -0.39 is 0 Å². The zero-order valence-electron chi connectivity index (χ0n) is 13.0. The van der Waals surface area contributed by atoms with Crippen LogP contribution in [0.2, 0.25) is 5.02 Å². The number of anilines is 1. The van der Waals surface area contributed by atoms with E-state index in [2.05, 4.69) is 11.1 Å². The van der Waals surface area contributed by atoms with E-state index in [-0.39, 0.29) is 0 Å². The molecule has 118 valence electrons. The first-order chi connectivity index (χ1) is 11.6. The predicted octanol–water partition coefficient (Wildman–Crippen LogP) is 3.95. The van der Waals surface area contributed by atoms with Crippen LogP contribution in [0.3, 0.4) is 0 Å². The highest BCUT2D eigenvalue weighted by atomic mass is 35.5. The lowest BCUT2D eigenvalue weighted by Gasteiger charge is -2.08. The number of nitrogen functional groups attached to an aromatic ring is 1. The molecule has 1 aromatic heterocycles. The Bertz CT molecular complexity index is 930. The number of aromatic nitrogens is 1. The Kier molecular flexibility index (Phi) is 4.37. The summed E-state index contributed by atoms with van der Waals surface area (Å²) >= 11 is 6.08. The van der Waals surface area contributed by atoms with Gasteiger partial charge in [0.15, 0.2) is 0 Å². The van der Waals surface area contributed by atoms with E-state index in [1.54, 1.807) is 13.2 Å². The second kappa shape index (κ2) is 6.61. The molecule has 5 heteroatoms. The molecule has 0 amide bonds. The molecule has 0 bridgehead atoms. The molecule has 0 unspecified atom stereocenters. The number of H-pyrrole nitrogens is 1. The van der Waals surface area contributed by atoms with Crippen LogP contribution in [-0.2, 0) is 0 Å². The number of nitrogens with two attached hydrogens (primary N) is 1. The molecule has 0 aliphatic carbocycles. The fourth-order valence-corrected chi connectivity index (χ4v) is 2.73. The monoisotopic (exact) mass is 336 g/mol. The Hall–Kier alpha value is -3.03. The van der Waals surface area contributed by atoms with Crippen molar-refractivity contribution in [2.24, 2.45) is 0 Å². The summed E-state index contributed by atoms with van der Waals surface area (Å²) in [4.78, 5) is 3.09. The van der Waals surface area contributed by atoms with Gasteiger partial charge in [0, 0.05) is 16.1 Å². The molecule has 4 nitrogen and oxygen atoms in total. The zero-order valence-corrected chi connectivity index (χ0v) is 13.8. The number of hydrogen-bond donors (Lipinski definition) is 1. The average molecular weight is 337 g/mol. The van der Waals surface area contributed by atoms with Gasteiger partial charge in [-0.1, -0.05) is 23.7 Å². The second-order valence-corrected chi connectivity index (χ2v) is 5.67. The van der Waals surface area contributed by atoms with E-state index in [0.29, 0.717) is 16.4 Å². The normalized spacial score (nSPS) is 10.2. The molecule has 1 heterocycles. The van der Waals surface area contributed by atoms with Gasteiger partial charge in [-0.15, -0.1) is 0 Å². The Morgan fingerprint density at radius 2 is 1.83 bits per heavy atom. The Labute approximate surface area is 145 Å². The smallest absolute Gasteiger partial charge is 0.289 e. The van der Waals surface area contributed by atoms with Gasteiger partial charge in [0.2, 0.25) is 0 Å². The molecule has 0 spiro atoms. The standard InChI is InChI=1S/C19H14ClN3O/c1-24-15-7-5-12(6-8-15)18-10-16(17(11-21)19(22)23-18)13-3-2-4-14(20)9-13/h2-10H,1H3,(H2,22,23)/p+1. The molecule has 0 aliphatic heterocycles. The van der Waals surface area contributed by atoms with Crippen LogP contribution < -0.4 is 15.5 Å². The van der Waals surface area contributed by atoms with Crippen molar-refractivity contribution in [1.29, 1.82) is 5.26 Å². The third-order valence-electron chi connectivity index (χ3n) is 3.75. The highest BCUT2D eigenvalue weighted by Gasteiger charge is 2.17. The van der Waals surface area contributed by atoms with Crippen molar-refractivity contribution in [3.05, 3.63) is 65.2 Å². The molecule has 0 radical (unpaired) electrons. The number of nitrogens with one attached hydrogen (secondary N) is 1. The lowest BCUT2D eigenvalue weighted by Crippen LogP contribution is -2.16. The summed E-state index contributed by atoms with van der Waals surface area (Å²) < 4.78 is 5.18. The highest BCUT2D eigenvalue weighted by Crippen LogP contribution is 2.30. The van der Waals surface area contributed by atoms with Gasteiger partial charge in [-0.05, 0) is 48.0 Å². The quantitative estimate of drug-likeness (QED) is 0.787. The van der Waals surface area contributed by atoms with E-state index in [4.69, 9.17) is 22.1 Å². The van der Waals surface area contributed by atoms with Gasteiger partial charge < -0.3 is 4.74 Å². The number of methoxy groups -OCH3 is 1. The van der Waals surface area contributed by atoms with Crippen LogP contribution in [0.1, 0.15) is 5.56 Å². The predicted molar refractivity (Wildman–Crippen MR) is 94.6 cm³/mol. The van der Waals surface area contributed by atoms with Crippen LogP contribution in [0, 0.1) is 11.3 Å². The summed E-state index contributed by atoms with van der Waals surface area (Å²) in [7, 11) is 1.62. The van der Waals surface area contributed by atoms with Crippen LogP contribution in [0.4, 0.5) is 5.82 Å². The summed E-state index contributed by atoms with van der Waals surface area (Å²) in [6.45, 7) is 0. The van der Waals surface area contributed by atoms with Gasteiger partial charge in [0.25, 0.3) is 5.82 Å². The third kappa shape index (κ3) is 3.03. The minimum Gasteiger partial charge on any atom is -0.497 e. The second-order valence-electron chi connectivity index (χ2n) is 5.24. The van der Waals surface area contributed by atoms with Gasteiger partial charge in [-0.3, -0.25) is 5.73 Å². The summed E-state index contributed by atoms with van der Waals surface area (Å²) in [5.41, 5.74) is 9.79. The van der Waals surface area contributed by atoms with Crippen LogP contribution in [0.25, 0.3) is 22.4 Å². The van der Waals surface area contributed by atoms with Gasteiger partial charge >= 0.3 is 0 Å². The number of ether oxygens (including phenoxy) is 1. The summed E-state index contributed by atoms with van der Waals surface area (Å²) in [5.74, 6) is 1.09. The summed E-state index contributed by atoms with van der Waals surface area (Å²) in [6.07, 6.45) is 0. The van der Waals surface area contributed by atoms with E-state index in [9.17, 15) is 5.26 Å². The number of hydrogen-bond acceptors (Lipinski definition) is 3. The van der Waals surface area contributed by atoms with Crippen molar-refractivity contribution in [1.82, 2.24) is 0 Å². The van der Waals surface area contributed by atoms with Gasteiger partial charge in [0.1, 0.15) is 23.1 Å². The van der Waals surface area contributed by atoms with E-state index in [1.165, 1.54) is 0 Å². The van der Waals surface area contributed by atoms with Crippen LogP contribution in [0.15, 0.2) is 54.6 Å². The number of aromatic amines is 1. The summed E-state index contributed by atoms with van der Waals surface area (Å²) in [6, 6.07) is 19.0. The fourth-order valence-electron chi connectivity index (χ4n) is 2.54. The Balaban J connectivity index is 2.18. The largest absolute Gasteiger partial charge is 0.497 e. The Morgan fingerprint density at radius 3 is 2.46 bits per heavy atom. The topological polar surface area (TPSA) is 73.2 Å². The first-order valence-corrected chi connectivity index (χ1v) is 7.66. The molecule has 3 N–H and O–H groups in total. The molecule has 0 saturated carbocycles. The molecule has 0 atom stereocenters. The van der Waals surface area contributed by atoms with Gasteiger partial charge in [0.05, 0.1) is 7.11 Å². The number of nitriles is 1. The van der Waals surface area contributed by atoms with Crippen molar-refractivity contribution in [3.63, 3.8) is 0 Å². The lowest BCUT2D eigenvalue weighted by atomic mass is 9.98. The number of nitrogens with zero attached hydrogens (tertiary/aromatic N) is 1. The first-order valence-electron chi connectivity index (χ1n) is 7.28. The molecule has 3 rings (SSSR count). The van der Waals surface area contributed by atoms with Crippen molar-refractivity contribution in [3.8, 4) is 34.2 Å². The Morgan fingerprint density at radius 1 is 1.08 bits per heavy atom. The van der Waals surface area contributed by atoms with Crippen LogP contribution in [-0.4, -0.2) is 7.11 Å². The molecular formula is C19H15ClN3O+. The lowest BCUT2D eigenvalue weighted by molar-refractivity contribution is -0.346. The van der Waals surface area contributed by atoms with E-state index >= 15 is 0 Å². The van der Waals surface area contributed by atoms with Crippen molar-refractivity contribution in [2.45, 2.75) is 0 Å². The van der Waals surface area contributed by atoms with E-state index in [0.717, 1.165) is 28.1 Å². The molecule has 2 aromatic carbocycles. The third-order valence-corrected chi connectivity index (χ3v) is 3.98. The highest BCUT2D eigenvalue weighted by molar-refractivity contribution is 6.30.